The second-order valence-electron chi connectivity index (χ2n) is 7.14. The minimum Gasteiger partial charge on any atom is -0.488 e. The largest absolute Gasteiger partial charge is 0.488 e. The van der Waals surface area contributed by atoms with E-state index in [1.807, 2.05) is 9.80 Å². The number of hydrogen-bond acceptors (Lipinski definition) is 5. The molecule has 2 aliphatic rings. The third-order valence-corrected chi connectivity index (χ3v) is 5.29. The molecule has 1 aromatic heterocycles. The highest BCUT2D eigenvalue weighted by molar-refractivity contribution is 5.95. The Morgan fingerprint density at radius 1 is 1.14 bits per heavy atom. The average molecular weight is 398 g/mol. The standard InChI is InChI=1S/C21H23FN4O3/c1-23-20(27)16-6-5-15(12-17(16)22)26-9-10-29-18-11-14(13-24-19(18)26)21(28)25-7-3-2-4-8-25/h5-6,11-13H,2-4,7-10H2,1H3,(H,23,27). The number of piperidine rings is 1. The number of benzene rings is 1. The van der Waals surface area contributed by atoms with Gasteiger partial charge in [-0.15, -0.1) is 0 Å². The van der Waals surface area contributed by atoms with Gasteiger partial charge in [-0.25, -0.2) is 9.37 Å². The monoisotopic (exact) mass is 398 g/mol. The molecule has 2 amide bonds. The fourth-order valence-electron chi connectivity index (χ4n) is 3.74. The summed E-state index contributed by atoms with van der Waals surface area (Å²) in [6.45, 7) is 2.40. The van der Waals surface area contributed by atoms with E-state index in [1.165, 1.54) is 19.2 Å². The number of fused-ring (bicyclic) bond motifs is 1. The predicted molar refractivity (Wildman–Crippen MR) is 106 cm³/mol. The van der Waals surface area contributed by atoms with Crippen LogP contribution in [0.2, 0.25) is 0 Å². The number of nitrogens with zero attached hydrogens (tertiary/aromatic N) is 3. The van der Waals surface area contributed by atoms with Gasteiger partial charge in [0.1, 0.15) is 12.4 Å². The molecule has 2 aliphatic heterocycles. The van der Waals surface area contributed by atoms with E-state index in [4.69, 9.17) is 4.74 Å². The molecule has 0 unspecified atom stereocenters. The highest BCUT2D eigenvalue weighted by Gasteiger charge is 2.25. The van der Waals surface area contributed by atoms with Gasteiger partial charge in [0.15, 0.2) is 11.6 Å². The van der Waals surface area contributed by atoms with Crippen molar-refractivity contribution < 1.29 is 18.7 Å². The number of pyridine rings is 1. The first-order valence-electron chi connectivity index (χ1n) is 9.80. The zero-order valence-corrected chi connectivity index (χ0v) is 16.3. The second-order valence-corrected chi connectivity index (χ2v) is 7.14. The van der Waals surface area contributed by atoms with E-state index < -0.39 is 11.7 Å². The van der Waals surface area contributed by atoms with Gasteiger partial charge < -0.3 is 19.9 Å². The summed E-state index contributed by atoms with van der Waals surface area (Å²) in [5.41, 5.74) is 1.05. The quantitative estimate of drug-likeness (QED) is 0.861. The van der Waals surface area contributed by atoms with Gasteiger partial charge in [0.25, 0.3) is 11.8 Å². The smallest absolute Gasteiger partial charge is 0.255 e. The van der Waals surface area contributed by atoms with Gasteiger partial charge in [-0.1, -0.05) is 0 Å². The minimum absolute atomic E-state index is 0.0137. The van der Waals surface area contributed by atoms with Crippen molar-refractivity contribution >= 4 is 23.3 Å². The number of carbonyl (C=O) groups is 2. The van der Waals surface area contributed by atoms with Gasteiger partial charge in [-0.2, -0.15) is 0 Å². The van der Waals surface area contributed by atoms with E-state index in [0.29, 0.717) is 36.0 Å². The van der Waals surface area contributed by atoms with Gasteiger partial charge in [0, 0.05) is 32.0 Å². The molecule has 1 N–H and O–H groups in total. The van der Waals surface area contributed by atoms with Crippen molar-refractivity contribution in [2.24, 2.45) is 0 Å². The van der Waals surface area contributed by atoms with Gasteiger partial charge >= 0.3 is 0 Å². The predicted octanol–water partition coefficient (Wildman–Crippen LogP) is 2.74. The lowest BCUT2D eigenvalue weighted by Gasteiger charge is -2.31. The van der Waals surface area contributed by atoms with E-state index >= 15 is 0 Å². The Kier molecular flexibility index (Phi) is 5.33. The molecule has 0 spiro atoms. The fraction of sp³-hybridized carbons (Fsp3) is 0.381. The SMILES string of the molecule is CNC(=O)c1ccc(N2CCOc3cc(C(=O)N4CCCCC4)cnc32)cc1F. The summed E-state index contributed by atoms with van der Waals surface area (Å²) in [5.74, 6) is -0.0997. The number of amides is 2. The number of carbonyl (C=O) groups excluding carboxylic acids is 2. The van der Waals surface area contributed by atoms with Crippen LogP contribution in [0.5, 0.6) is 5.75 Å². The maximum atomic E-state index is 14.4. The summed E-state index contributed by atoms with van der Waals surface area (Å²) in [4.78, 5) is 32.6. The minimum atomic E-state index is -0.605. The molecule has 3 heterocycles. The summed E-state index contributed by atoms with van der Waals surface area (Å²) in [6, 6.07) is 6.15. The molecule has 0 saturated carbocycles. The van der Waals surface area contributed by atoms with Crippen LogP contribution in [0.4, 0.5) is 15.9 Å². The molecule has 0 bridgehead atoms. The van der Waals surface area contributed by atoms with E-state index in [1.54, 1.807) is 18.3 Å². The van der Waals surface area contributed by atoms with Crippen LogP contribution in [0.15, 0.2) is 30.5 Å². The van der Waals surface area contributed by atoms with Crippen LogP contribution in [-0.4, -0.2) is 55.0 Å². The number of ether oxygens (including phenoxy) is 1. The molecule has 1 fully saturated rings. The first kappa shape index (κ1) is 19.2. The van der Waals surface area contributed by atoms with Crippen molar-refractivity contribution in [3.63, 3.8) is 0 Å². The van der Waals surface area contributed by atoms with Crippen molar-refractivity contribution in [1.82, 2.24) is 15.2 Å². The lowest BCUT2D eigenvalue weighted by molar-refractivity contribution is 0.0723. The van der Waals surface area contributed by atoms with Crippen LogP contribution in [-0.2, 0) is 0 Å². The third kappa shape index (κ3) is 3.74. The number of anilines is 2. The first-order valence-corrected chi connectivity index (χ1v) is 9.80. The van der Waals surface area contributed by atoms with Crippen molar-refractivity contribution in [3.8, 4) is 5.75 Å². The van der Waals surface area contributed by atoms with Crippen molar-refractivity contribution in [3.05, 3.63) is 47.4 Å². The molecule has 0 atom stereocenters. The summed E-state index contributed by atoms with van der Waals surface area (Å²) in [6.07, 6.45) is 4.74. The van der Waals surface area contributed by atoms with E-state index in [9.17, 15) is 14.0 Å². The molecular formula is C21H23FN4O3. The van der Waals surface area contributed by atoms with Gasteiger partial charge in [-0.3, -0.25) is 9.59 Å². The summed E-state index contributed by atoms with van der Waals surface area (Å²) < 4.78 is 20.1. The van der Waals surface area contributed by atoms with Crippen LogP contribution in [0.3, 0.4) is 0 Å². The molecule has 8 heteroatoms. The topological polar surface area (TPSA) is 74.8 Å². The highest BCUT2D eigenvalue weighted by Crippen LogP contribution is 2.36. The average Bonchev–Trinajstić information content (AvgIpc) is 2.77. The number of aromatic nitrogens is 1. The number of likely N-dealkylation sites (tertiary alicyclic amines) is 1. The molecule has 4 rings (SSSR count). The number of hydrogen-bond donors (Lipinski definition) is 1. The second kappa shape index (κ2) is 8.06. The summed E-state index contributed by atoms with van der Waals surface area (Å²) in [7, 11) is 1.46. The Morgan fingerprint density at radius 3 is 2.66 bits per heavy atom. The molecular weight excluding hydrogens is 375 g/mol. The Labute approximate surface area is 168 Å². The Bertz CT molecular complexity index is 944. The first-order chi connectivity index (χ1) is 14.1. The Hall–Kier alpha value is -3.16. The van der Waals surface area contributed by atoms with Crippen LogP contribution < -0.4 is 15.0 Å². The number of rotatable bonds is 3. The zero-order chi connectivity index (χ0) is 20.4. The van der Waals surface area contributed by atoms with Crippen LogP contribution in [0.25, 0.3) is 0 Å². The van der Waals surface area contributed by atoms with Gasteiger partial charge in [0.2, 0.25) is 0 Å². The molecule has 152 valence electrons. The fourth-order valence-corrected chi connectivity index (χ4v) is 3.74. The van der Waals surface area contributed by atoms with Crippen LogP contribution >= 0.6 is 0 Å². The van der Waals surface area contributed by atoms with Crippen molar-refractivity contribution in [2.45, 2.75) is 19.3 Å². The van der Waals surface area contributed by atoms with Crippen molar-refractivity contribution in [1.29, 1.82) is 0 Å². The highest BCUT2D eigenvalue weighted by atomic mass is 19.1. The lowest BCUT2D eigenvalue weighted by atomic mass is 10.1. The Morgan fingerprint density at radius 2 is 1.93 bits per heavy atom. The van der Waals surface area contributed by atoms with E-state index in [0.717, 1.165) is 32.4 Å². The lowest BCUT2D eigenvalue weighted by Crippen LogP contribution is -2.36. The molecule has 1 saturated heterocycles. The summed E-state index contributed by atoms with van der Waals surface area (Å²) >= 11 is 0. The molecule has 7 nitrogen and oxygen atoms in total. The van der Waals surface area contributed by atoms with Gasteiger partial charge in [-0.05, 0) is 43.5 Å². The normalized spacial score (nSPS) is 16.1. The molecule has 1 aromatic carbocycles. The number of halogens is 1. The summed E-state index contributed by atoms with van der Waals surface area (Å²) in [5, 5.41) is 2.42. The van der Waals surface area contributed by atoms with Crippen LogP contribution in [0, 0.1) is 5.82 Å². The maximum Gasteiger partial charge on any atom is 0.255 e. The molecule has 0 aliphatic carbocycles. The van der Waals surface area contributed by atoms with Crippen LogP contribution in [0.1, 0.15) is 40.0 Å². The maximum absolute atomic E-state index is 14.4. The van der Waals surface area contributed by atoms with Crippen molar-refractivity contribution in [2.75, 3.05) is 38.2 Å². The Balaban J connectivity index is 1.61. The third-order valence-electron chi connectivity index (χ3n) is 5.29. The van der Waals surface area contributed by atoms with E-state index in [-0.39, 0.29) is 11.5 Å². The molecule has 0 radical (unpaired) electrons. The number of nitrogens with one attached hydrogen (secondary N) is 1. The molecule has 29 heavy (non-hydrogen) atoms. The molecule has 2 aromatic rings. The van der Waals surface area contributed by atoms with E-state index in [2.05, 4.69) is 10.3 Å². The van der Waals surface area contributed by atoms with Gasteiger partial charge in [0.05, 0.1) is 17.7 Å². The zero-order valence-electron chi connectivity index (χ0n) is 16.3.